The van der Waals surface area contributed by atoms with E-state index in [0.29, 0.717) is 11.6 Å². The minimum Gasteiger partial charge on any atom is -0.494 e. The zero-order chi connectivity index (χ0) is 12.7. The van der Waals surface area contributed by atoms with Crippen LogP contribution in [0.15, 0.2) is 60.2 Å². The van der Waals surface area contributed by atoms with Gasteiger partial charge in [0, 0.05) is 5.03 Å². The van der Waals surface area contributed by atoms with Crippen LogP contribution < -0.4 is 4.74 Å². The van der Waals surface area contributed by atoms with Gasteiger partial charge in [-0.15, -0.1) is 0 Å². The molecular formula is C15H17ClO. The number of halogens is 1. The molecule has 0 atom stereocenters. The third-order valence-corrected chi connectivity index (χ3v) is 2.76. The van der Waals surface area contributed by atoms with Crippen LogP contribution in [0, 0.1) is 0 Å². The van der Waals surface area contributed by atoms with Gasteiger partial charge in [-0.2, -0.15) is 0 Å². The van der Waals surface area contributed by atoms with Crippen LogP contribution in [-0.4, -0.2) is 6.61 Å². The van der Waals surface area contributed by atoms with Gasteiger partial charge in [0.2, 0.25) is 0 Å². The molecule has 0 aliphatic heterocycles. The molecule has 0 N–H and O–H groups in total. The lowest BCUT2D eigenvalue weighted by Gasteiger charge is -2.06. The number of hydrogen-bond donors (Lipinski definition) is 0. The van der Waals surface area contributed by atoms with E-state index in [1.54, 1.807) is 12.2 Å². The Morgan fingerprint density at radius 1 is 1.24 bits per heavy atom. The smallest absolute Gasteiger partial charge is 0.119 e. The summed E-state index contributed by atoms with van der Waals surface area (Å²) in [6, 6.07) is 7.98. The third-order valence-electron chi connectivity index (χ3n) is 2.36. The van der Waals surface area contributed by atoms with Crippen LogP contribution >= 0.6 is 11.6 Å². The Kier molecular flexibility index (Phi) is 5.58. The molecule has 0 saturated heterocycles. The van der Waals surface area contributed by atoms with Crippen LogP contribution in [0.5, 0.6) is 5.75 Å². The maximum atomic E-state index is 6.03. The molecule has 0 aliphatic rings. The highest BCUT2D eigenvalue weighted by atomic mass is 35.5. The number of benzene rings is 1. The van der Waals surface area contributed by atoms with Gasteiger partial charge in [-0.3, -0.25) is 0 Å². The van der Waals surface area contributed by atoms with Crippen LogP contribution in [0.2, 0.25) is 0 Å². The van der Waals surface area contributed by atoms with Crippen LogP contribution in [-0.2, 0) is 6.42 Å². The van der Waals surface area contributed by atoms with Crippen molar-refractivity contribution < 1.29 is 4.74 Å². The van der Waals surface area contributed by atoms with Gasteiger partial charge in [-0.1, -0.05) is 49.0 Å². The van der Waals surface area contributed by atoms with Crippen LogP contribution in [0.1, 0.15) is 12.5 Å². The minimum absolute atomic E-state index is 0.647. The quantitative estimate of drug-likeness (QED) is 0.674. The first-order chi connectivity index (χ1) is 8.21. The van der Waals surface area contributed by atoms with Gasteiger partial charge >= 0.3 is 0 Å². The van der Waals surface area contributed by atoms with Crippen LogP contribution in [0.4, 0.5) is 0 Å². The zero-order valence-corrected chi connectivity index (χ0v) is 10.8. The number of rotatable bonds is 6. The van der Waals surface area contributed by atoms with Crippen molar-refractivity contribution in [1.29, 1.82) is 0 Å². The Bertz CT molecular complexity index is 415. The first-order valence-electron chi connectivity index (χ1n) is 5.56. The summed E-state index contributed by atoms with van der Waals surface area (Å²) >= 11 is 6.03. The first kappa shape index (κ1) is 13.6. The van der Waals surface area contributed by atoms with E-state index in [2.05, 4.69) is 13.2 Å². The van der Waals surface area contributed by atoms with Crippen molar-refractivity contribution in [2.75, 3.05) is 6.61 Å². The molecule has 1 aromatic carbocycles. The fourth-order valence-electron chi connectivity index (χ4n) is 1.48. The highest BCUT2D eigenvalue weighted by molar-refractivity contribution is 6.31. The van der Waals surface area contributed by atoms with Crippen molar-refractivity contribution >= 4 is 11.6 Å². The molecule has 0 bridgehead atoms. The summed E-state index contributed by atoms with van der Waals surface area (Å²) in [5.41, 5.74) is 2.15. The maximum absolute atomic E-state index is 6.03. The van der Waals surface area contributed by atoms with Gasteiger partial charge < -0.3 is 4.74 Å². The second-order valence-corrected chi connectivity index (χ2v) is 3.94. The maximum Gasteiger partial charge on any atom is 0.119 e. The molecule has 0 unspecified atom stereocenters. The van der Waals surface area contributed by atoms with E-state index in [4.69, 9.17) is 16.3 Å². The molecule has 0 saturated carbocycles. The monoisotopic (exact) mass is 248 g/mol. The molecule has 1 nitrogen and oxygen atoms in total. The summed E-state index contributed by atoms with van der Waals surface area (Å²) in [5.74, 6) is 0.884. The number of allylic oxidation sites excluding steroid dienone is 4. The van der Waals surface area contributed by atoms with Gasteiger partial charge in [0.05, 0.1) is 6.61 Å². The number of ether oxygens (including phenoxy) is 1. The third kappa shape index (κ3) is 4.12. The van der Waals surface area contributed by atoms with Crippen molar-refractivity contribution in [2.45, 2.75) is 13.3 Å². The Morgan fingerprint density at radius 2 is 1.88 bits per heavy atom. The molecule has 1 aromatic rings. The summed E-state index contributed by atoms with van der Waals surface area (Å²) in [4.78, 5) is 0. The second-order valence-electron chi connectivity index (χ2n) is 3.54. The molecule has 0 radical (unpaired) electrons. The molecule has 0 heterocycles. The summed E-state index contributed by atoms with van der Waals surface area (Å²) < 4.78 is 5.39. The Hall–Kier alpha value is -1.47. The average molecular weight is 249 g/mol. The Balaban J connectivity index is 2.81. The van der Waals surface area contributed by atoms with Gasteiger partial charge in [0.15, 0.2) is 0 Å². The van der Waals surface area contributed by atoms with E-state index >= 15 is 0 Å². The van der Waals surface area contributed by atoms with Gasteiger partial charge in [-0.25, -0.2) is 0 Å². The Morgan fingerprint density at radius 3 is 2.35 bits per heavy atom. The normalized spacial score (nSPS) is 11.6. The fraction of sp³-hybridized carbons (Fsp3) is 0.200. The minimum atomic E-state index is 0.647. The number of hydrogen-bond acceptors (Lipinski definition) is 1. The highest BCUT2D eigenvalue weighted by Crippen LogP contribution is 2.19. The molecule has 0 aromatic heterocycles. The molecule has 2 heteroatoms. The topological polar surface area (TPSA) is 9.23 Å². The molecule has 0 fully saturated rings. The lowest BCUT2D eigenvalue weighted by atomic mass is 10.0. The molecule has 1 rings (SSSR count). The summed E-state index contributed by atoms with van der Waals surface area (Å²) in [6.07, 6.45) is 4.15. The van der Waals surface area contributed by atoms with E-state index < -0.39 is 0 Å². The fourth-order valence-corrected chi connectivity index (χ4v) is 1.62. The van der Waals surface area contributed by atoms with Crippen molar-refractivity contribution in [3.05, 3.63) is 65.7 Å². The van der Waals surface area contributed by atoms with E-state index in [1.807, 2.05) is 31.2 Å². The average Bonchev–Trinajstić information content (AvgIpc) is 2.37. The zero-order valence-electron chi connectivity index (χ0n) is 10.1. The second kappa shape index (κ2) is 6.97. The van der Waals surface area contributed by atoms with Gasteiger partial charge in [-0.05, 0) is 36.6 Å². The lowest BCUT2D eigenvalue weighted by Crippen LogP contribution is -1.93. The highest BCUT2D eigenvalue weighted by Gasteiger charge is 2.01. The standard InChI is InChI=1S/C15H17ClO/c1-4-13(15(16)5-2)11-12-7-9-14(10-8-12)17-6-3/h4-5,7-10H,1-2,6,11H2,3H3/b15-13-. The Labute approximate surface area is 108 Å². The van der Waals surface area contributed by atoms with Crippen molar-refractivity contribution in [1.82, 2.24) is 0 Å². The predicted octanol–water partition coefficient (Wildman–Crippen LogP) is 4.49. The molecule has 90 valence electrons. The summed E-state index contributed by atoms with van der Waals surface area (Å²) in [5, 5.41) is 0.647. The van der Waals surface area contributed by atoms with E-state index in [9.17, 15) is 0 Å². The molecule has 0 spiro atoms. The predicted molar refractivity (Wildman–Crippen MR) is 74.6 cm³/mol. The summed E-state index contributed by atoms with van der Waals surface area (Å²) in [7, 11) is 0. The van der Waals surface area contributed by atoms with Crippen LogP contribution in [0.3, 0.4) is 0 Å². The van der Waals surface area contributed by atoms with Crippen molar-refractivity contribution in [3.8, 4) is 5.75 Å². The molecular weight excluding hydrogens is 232 g/mol. The largest absolute Gasteiger partial charge is 0.494 e. The van der Waals surface area contributed by atoms with E-state index in [-0.39, 0.29) is 0 Å². The lowest BCUT2D eigenvalue weighted by molar-refractivity contribution is 0.340. The van der Waals surface area contributed by atoms with E-state index in [1.165, 1.54) is 5.56 Å². The van der Waals surface area contributed by atoms with E-state index in [0.717, 1.165) is 17.7 Å². The SMILES string of the molecule is C=C/C(Cl)=C(\C=C)Cc1ccc(OCC)cc1. The molecule has 0 aliphatic carbocycles. The van der Waals surface area contributed by atoms with Gasteiger partial charge in [0.25, 0.3) is 0 Å². The van der Waals surface area contributed by atoms with Crippen LogP contribution in [0.25, 0.3) is 0 Å². The molecule has 17 heavy (non-hydrogen) atoms. The molecule has 0 amide bonds. The van der Waals surface area contributed by atoms with Gasteiger partial charge in [0.1, 0.15) is 5.75 Å². The van der Waals surface area contributed by atoms with Crippen molar-refractivity contribution in [2.24, 2.45) is 0 Å². The first-order valence-corrected chi connectivity index (χ1v) is 5.94. The summed E-state index contributed by atoms with van der Waals surface area (Å²) in [6.45, 7) is 10.1. The van der Waals surface area contributed by atoms with Crippen molar-refractivity contribution in [3.63, 3.8) is 0 Å².